The topological polar surface area (TPSA) is 70.7 Å². The number of nitrogens with zero attached hydrogens (tertiary/aromatic N) is 1. The second-order valence-electron chi connectivity index (χ2n) is 3.75. The average Bonchev–Trinajstić information content (AvgIpc) is 2.31. The lowest BCUT2D eigenvalue weighted by atomic mass is 10.1. The van der Waals surface area contributed by atoms with Gasteiger partial charge in [0.05, 0.1) is 19.8 Å². The van der Waals surface area contributed by atoms with Gasteiger partial charge in [-0.1, -0.05) is 0 Å². The molecule has 92 valence electrons. The minimum atomic E-state index is -0.0381. The molecule has 2 amide bonds. The molecule has 1 unspecified atom stereocenters. The van der Waals surface area contributed by atoms with Crippen molar-refractivity contribution in [2.24, 2.45) is 0 Å². The number of hydrogen-bond acceptors (Lipinski definition) is 4. The van der Waals surface area contributed by atoms with E-state index >= 15 is 0 Å². The van der Waals surface area contributed by atoms with E-state index in [-0.39, 0.29) is 17.9 Å². The molecule has 0 saturated carbocycles. The molecule has 1 aliphatic heterocycles. The molecule has 1 saturated heterocycles. The summed E-state index contributed by atoms with van der Waals surface area (Å²) < 4.78 is 5.32. The van der Waals surface area contributed by atoms with Gasteiger partial charge in [-0.3, -0.25) is 14.5 Å². The van der Waals surface area contributed by atoms with Gasteiger partial charge in [-0.2, -0.15) is 0 Å². The standard InChI is InChI=1S/C10H19N3O3/c1-11-9(14)5-8-7-16-4-3-13(8)6-10(15)12-2/h8H,3-7H2,1-2H3,(H,11,14)(H,12,15). The molecule has 16 heavy (non-hydrogen) atoms. The molecule has 1 fully saturated rings. The third-order valence-corrected chi connectivity index (χ3v) is 2.67. The number of likely N-dealkylation sites (N-methyl/N-ethyl adjacent to an activating group) is 1. The molecule has 0 bridgehead atoms. The molecular formula is C10H19N3O3. The Hall–Kier alpha value is -1.14. The van der Waals surface area contributed by atoms with E-state index in [0.717, 1.165) is 0 Å². The van der Waals surface area contributed by atoms with Gasteiger partial charge in [0.2, 0.25) is 11.8 Å². The van der Waals surface area contributed by atoms with Crippen LogP contribution in [0.5, 0.6) is 0 Å². The van der Waals surface area contributed by atoms with Crippen LogP contribution in [0.15, 0.2) is 0 Å². The van der Waals surface area contributed by atoms with Gasteiger partial charge in [0.25, 0.3) is 0 Å². The van der Waals surface area contributed by atoms with Crippen LogP contribution in [0, 0.1) is 0 Å². The Kier molecular flexibility index (Phi) is 5.21. The van der Waals surface area contributed by atoms with Crippen LogP contribution in [0.3, 0.4) is 0 Å². The number of carbonyl (C=O) groups is 2. The Morgan fingerprint density at radius 3 is 2.62 bits per heavy atom. The Balaban J connectivity index is 2.49. The molecule has 1 rings (SSSR count). The summed E-state index contributed by atoms with van der Waals surface area (Å²) in [5.41, 5.74) is 0. The van der Waals surface area contributed by atoms with Crippen molar-refractivity contribution in [2.45, 2.75) is 12.5 Å². The molecule has 1 aliphatic rings. The lowest BCUT2D eigenvalue weighted by Gasteiger charge is -2.34. The Morgan fingerprint density at radius 1 is 1.31 bits per heavy atom. The van der Waals surface area contributed by atoms with Gasteiger partial charge in [0, 0.05) is 33.1 Å². The summed E-state index contributed by atoms with van der Waals surface area (Å²) in [5, 5.41) is 5.16. The first kappa shape index (κ1) is 12.9. The first-order chi connectivity index (χ1) is 7.67. The molecule has 0 aromatic heterocycles. The number of morpholine rings is 1. The van der Waals surface area contributed by atoms with Crippen LogP contribution in [-0.2, 0) is 14.3 Å². The van der Waals surface area contributed by atoms with Crippen molar-refractivity contribution in [3.05, 3.63) is 0 Å². The van der Waals surface area contributed by atoms with Crippen LogP contribution in [0.2, 0.25) is 0 Å². The fraction of sp³-hybridized carbons (Fsp3) is 0.800. The van der Waals surface area contributed by atoms with E-state index < -0.39 is 0 Å². The number of ether oxygens (including phenoxy) is 1. The number of amides is 2. The van der Waals surface area contributed by atoms with Crippen molar-refractivity contribution in [3.8, 4) is 0 Å². The fourth-order valence-corrected chi connectivity index (χ4v) is 1.66. The Bertz CT molecular complexity index is 232. The van der Waals surface area contributed by atoms with Crippen molar-refractivity contribution < 1.29 is 14.3 Å². The summed E-state index contributed by atoms with van der Waals surface area (Å²) in [4.78, 5) is 24.6. The highest BCUT2D eigenvalue weighted by molar-refractivity contribution is 5.78. The van der Waals surface area contributed by atoms with Crippen LogP contribution < -0.4 is 10.6 Å². The van der Waals surface area contributed by atoms with Crippen LogP contribution >= 0.6 is 0 Å². The summed E-state index contributed by atoms with van der Waals surface area (Å²) in [6, 6.07) is -0.00833. The normalized spacial score (nSPS) is 21.5. The van der Waals surface area contributed by atoms with Crippen molar-refractivity contribution in [2.75, 3.05) is 40.4 Å². The quantitative estimate of drug-likeness (QED) is 0.620. The van der Waals surface area contributed by atoms with Gasteiger partial charge in [0.15, 0.2) is 0 Å². The summed E-state index contributed by atoms with van der Waals surface area (Å²) in [7, 11) is 3.21. The Morgan fingerprint density at radius 2 is 2.00 bits per heavy atom. The maximum Gasteiger partial charge on any atom is 0.233 e. The second kappa shape index (κ2) is 6.44. The molecule has 1 atom stereocenters. The number of carbonyl (C=O) groups excluding carboxylic acids is 2. The molecule has 1 heterocycles. The molecule has 0 spiro atoms. The van der Waals surface area contributed by atoms with Crippen LogP contribution in [-0.4, -0.2) is 63.2 Å². The Labute approximate surface area is 95.3 Å². The second-order valence-corrected chi connectivity index (χ2v) is 3.75. The number of nitrogens with one attached hydrogen (secondary N) is 2. The van der Waals surface area contributed by atoms with Gasteiger partial charge in [0.1, 0.15) is 0 Å². The van der Waals surface area contributed by atoms with E-state index in [1.165, 1.54) is 0 Å². The minimum absolute atomic E-state index is 0.00833. The summed E-state index contributed by atoms with van der Waals surface area (Å²) in [6.07, 6.45) is 0.369. The predicted molar refractivity (Wildman–Crippen MR) is 58.9 cm³/mol. The van der Waals surface area contributed by atoms with E-state index in [1.807, 2.05) is 4.90 Å². The largest absolute Gasteiger partial charge is 0.378 e. The van der Waals surface area contributed by atoms with Gasteiger partial charge in [-0.25, -0.2) is 0 Å². The third-order valence-electron chi connectivity index (χ3n) is 2.67. The first-order valence-electron chi connectivity index (χ1n) is 5.40. The van der Waals surface area contributed by atoms with Gasteiger partial charge in [-0.05, 0) is 0 Å². The van der Waals surface area contributed by atoms with Gasteiger partial charge < -0.3 is 15.4 Å². The number of rotatable bonds is 4. The zero-order valence-electron chi connectivity index (χ0n) is 9.78. The fourth-order valence-electron chi connectivity index (χ4n) is 1.66. The van der Waals surface area contributed by atoms with E-state index in [1.54, 1.807) is 14.1 Å². The van der Waals surface area contributed by atoms with Crippen LogP contribution in [0.4, 0.5) is 0 Å². The summed E-state index contributed by atoms with van der Waals surface area (Å²) in [5.74, 6) is -0.0683. The molecule has 0 radical (unpaired) electrons. The lowest BCUT2D eigenvalue weighted by Crippen LogP contribution is -2.50. The zero-order chi connectivity index (χ0) is 12.0. The smallest absolute Gasteiger partial charge is 0.233 e. The van der Waals surface area contributed by atoms with Crippen molar-refractivity contribution >= 4 is 11.8 Å². The number of hydrogen-bond donors (Lipinski definition) is 2. The summed E-state index contributed by atoms with van der Waals surface area (Å²) in [6.45, 7) is 2.13. The van der Waals surface area contributed by atoms with Crippen molar-refractivity contribution in [1.29, 1.82) is 0 Å². The van der Waals surface area contributed by atoms with E-state index in [4.69, 9.17) is 4.74 Å². The predicted octanol–water partition coefficient (Wildman–Crippen LogP) is -1.43. The molecule has 0 aromatic rings. The monoisotopic (exact) mass is 229 g/mol. The highest BCUT2D eigenvalue weighted by Gasteiger charge is 2.26. The minimum Gasteiger partial charge on any atom is -0.378 e. The summed E-state index contributed by atoms with van der Waals surface area (Å²) >= 11 is 0. The molecule has 6 heteroatoms. The van der Waals surface area contributed by atoms with E-state index in [9.17, 15) is 9.59 Å². The van der Waals surface area contributed by atoms with Gasteiger partial charge >= 0.3 is 0 Å². The molecule has 0 aromatic carbocycles. The SMILES string of the molecule is CNC(=O)CC1COCCN1CC(=O)NC. The molecule has 0 aliphatic carbocycles. The first-order valence-corrected chi connectivity index (χ1v) is 5.40. The van der Waals surface area contributed by atoms with Crippen molar-refractivity contribution in [1.82, 2.24) is 15.5 Å². The van der Waals surface area contributed by atoms with Gasteiger partial charge in [-0.15, -0.1) is 0 Å². The molecule has 2 N–H and O–H groups in total. The highest BCUT2D eigenvalue weighted by atomic mass is 16.5. The lowest BCUT2D eigenvalue weighted by molar-refractivity contribution is -0.128. The highest BCUT2D eigenvalue weighted by Crippen LogP contribution is 2.09. The average molecular weight is 229 g/mol. The van der Waals surface area contributed by atoms with E-state index in [2.05, 4.69) is 10.6 Å². The molecular weight excluding hydrogens is 210 g/mol. The maximum absolute atomic E-state index is 11.3. The third kappa shape index (κ3) is 3.79. The van der Waals surface area contributed by atoms with E-state index in [0.29, 0.717) is 32.7 Å². The van der Waals surface area contributed by atoms with Crippen LogP contribution in [0.25, 0.3) is 0 Å². The van der Waals surface area contributed by atoms with Crippen LogP contribution in [0.1, 0.15) is 6.42 Å². The maximum atomic E-state index is 11.3. The van der Waals surface area contributed by atoms with Crippen molar-refractivity contribution in [3.63, 3.8) is 0 Å². The molecule has 6 nitrogen and oxygen atoms in total. The zero-order valence-corrected chi connectivity index (χ0v) is 9.78.